The van der Waals surface area contributed by atoms with E-state index in [0.717, 1.165) is 23.3 Å². The number of nitrogens with one attached hydrogen (secondary N) is 1. The maximum absolute atomic E-state index is 4.59. The lowest BCUT2D eigenvalue weighted by Crippen LogP contribution is -2.03. The van der Waals surface area contributed by atoms with E-state index in [9.17, 15) is 0 Å². The van der Waals surface area contributed by atoms with E-state index in [-0.39, 0.29) is 0 Å². The van der Waals surface area contributed by atoms with Gasteiger partial charge in [-0.2, -0.15) is 0 Å². The summed E-state index contributed by atoms with van der Waals surface area (Å²) in [5, 5.41) is 4.50. The van der Waals surface area contributed by atoms with Crippen LogP contribution in [0.4, 0.5) is 5.82 Å². The Kier molecular flexibility index (Phi) is 3.11. The molecule has 0 amide bonds. The van der Waals surface area contributed by atoms with Gasteiger partial charge in [0.1, 0.15) is 5.82 Å². The van der Waals surface area contributed by atoms with Crippen molar-refractivity contribution < 1.29 is 0 Å². The zero-order valence-corrected chi connectivity index (χ0v) is 10.8. The lowest BCUT2D eigenvalue weighted by molar-refractivity contribution is 1.07. The average molecular weight is 249 g/mol. The van der Waals surface area contributed by atoms with Gasteiger partial charge >= 0.3 is 0 Å². The average Bonchev–Trinajstić information content (AvgIpc) is 2.46. The van der Waals surface area contributed by atoms with Crippen molar-refractivity contribution in [3.63, 3.8) is 0 Å². The number of aromatic nitrogens is 2. The van der Waals surface area contributed by atoms with Crippen molar-refractivity contribution in [3.8, 4) is 0 Å². The topological polar surface area (TPSA) is 37.8 Å². The van der Waals surface area contributed by atoms with E-state index < -0.39 is 0 Å². The Morgan fingerprint density at radius 3 is 2.84 bits per heavy atom. The van der Waals surface area contributed by atoms with E-state index in [1.807, 2.05) is 42.7 Å². The van der Waals surface area contributed by atoms with Gasteiger partial charge in [-0.15, -0.1) is 0 Å². The van der Waals surface area contributed by atoms with Gasteiger partial charge in [0.25, 0.3) is 0 Å². The number of hydrogen-bond donors (Lipinski definition) is 1. The summed E-state index contributed by atoms with van der Waals surface area (Å²) in [6, 6.07) is 14.2. The van der Waals surface area contributed by atoms with Gasteiger partial charge in [0.05, 0.1) is 5.52 Å². The van der Waals surface area contributed by atoms with Gasteiger partial charge in [-0.25, -0.2) is 4.98 Å². The molecule has 1 aromatic carbocycles. The molecule has 0 fully saturated rings. The molecule has 0 aliphatic heterocycles. The molecule has 3 rings (SSSR count). The van der Waals surface area contributed by atoms with Crippen LogP contribution in [0.5, 0.6) is 0 Å². The fraction of sp³-hybridized carbons (Fsp3) is 0.125. The summed E-state index contributed by atoms with van der Waals surface area (Å²) < 4.78 is 0. The highest BCUT2D eigenvalue weighted by Gasteiger charge is 2.00. The molecule has 0 aliphatic carbocycles. The molecule has 0 spiro atoms. The lowest BCUT2D eigenvalue weighted by Gasteiger charge is -2.08. The normalized spacial score (nSPS) is 10.6. The molecule has 0 saturated heterocycles. The van der Waals surface area contributed by atoms with Crippen LogP contribution in [-0.4, -0.2) is 9.97 Å². The molecular weight excluding hydrogens is 234 g/mol. The predicted molar refractivity (Wildman–Crippen MR) is 78.0 cm³/mol. The Hall–Kier alpha value is -2.42. The highest BCUT2D eigenvalue weighted by Crippen LogP contribution is 2.15. The van der Waals surface area contributed by atoms with E-state index in [4.69, 9.17) is 0 Å². The maximum atomic E-state index is 4.59. The third-order valence-corrected chi connectivity index (χ3v) is 3.21. The van der Waals surface area contributed by atoms with Gasteiger partial charge in [0.15, 0.2) is 0 Å². The second-order valence-corrected chi connectivity index (χ2v) is 4.54. The van der Waals surface area contributed by atoms with Crippen LogP contribution in [0.3, 0.4) is 0 Å². The fourth-order valence-corrected chi connectivity index (χ4v) is 2.03. The molecule has 0 bridgehead atoms. The minimum Gasteiger partial charge on any atom is -0.366 e. The molecule has 1 N–H and O–H groups in total. The molecule has 0 radical (unpaired) electrons. The Bertz CT molecular complexity index is 707. The van der Waals surface area contributed by atoms with Crippen molar-refractivity contribution in [3.05, 3.63) is 66.0 Å². The number of nitrogens with zero attached hydrogens (tertiary/aromatic N) is 2. The number of benzene rings is 1. The minimum absolute atomic E-state index is 0.741. The quantitative estimate of drug-likeness (QED) is 0.771. The van der Waals surface area contributed by atoms with Crippen molar-refractivity contribution in [1.82, 2.24) is 9.97 Å². The molecule has 0 atom stereocenters. The van der Waals surface area contributed by atoms with Gasteiger partial charge in [-0.05, 0) is 42.3 Å². The number of aryl methyl sites for hydroxylation is 1. The van der Waals surface area contributed by atoms with Gasteiger partial charge in [0, 0.05) is 24.3 Å². The third kappa shape index (κ3) is 2.55. The van der Waals surface area contributed by atoms with Crippen LogP contribution in [-0.2, 0) is 6.54 Å². The van der Waals surface area contributed by atoms with Crippen LogP contribution in [0.25, 0.3) is 10.9 Å². The largest absolute Gasteiger partial charge is 0.366 e. The highest BCUT2D eigenvalue weighted by atomic mass is 15.0. The molecule has 19 heavy (non-hydrogen) atoms. The zero-order valence-electron chi connectivity index (χ0n) is 10.8. The summed E-state index contributed by atoms with van der Waals surface area (Å²) >= 11 is 0. The molecular formula is C16H15N3. The van der Waals surface area contributed by atoms with Crippen LogP contribution < -0.4 is 5.32 Å². The molecule has 0 unspecified atom stereocenters. The van der Waals surface area contributed by atoms with Gasteiger partial charge in [-0.1, -0.05) is 18.2 Å². The summed E-state index contributed by atoms with van der Waals surface area (Å²) in [5.74, 6) is 0.891. The number of pyridine rings is 2. The van der Waals surface area contributed by atoms with E-state index in [1.54, 1.807) is 0 Å². The summed E-state index contributed by atoms with van der Waals surface area (Å²) in [4.78, 5) is 8.74. The number of para-hydroxylation sites is 1. The number of anilines is 1. The summed E-state index contributed by atoms with van der Waals surface area (Å²) in [7, 11) is 0. The van der Waals surface area contributed by atoms with Crippen LogP contribution in [0.1, 0.15) is 11.1 Å². The van der Waals surface area contributed by atoms with Crippen LogP contribution in [0.2, 0.25) is 0 Å². The fourth-order valence-electron chi connectivity index (χ4n) is 2.03. The monoisotopic (exact) mass is 249 g/mol. The predicted octanol–water partition coefficient (Wildman–Crippen LogP) is 3.55. The molecule has 0 aliphatic rings. The van der Waals surface area contributed by atoms with E-state index >= 15 is 0 Å². The SMILES string of the molecule is Cc1ccncc1CNc1ccc2ccccc2n1. The third-order valence-electron chi connectivity index (χ3n) is 3.21. The molecule has 3 heteroatoms. The molecule has 2 aromatic heterocycles. The van der Waals surface area contributed by atoms with E-state index in [0.29, 0.717) is 0 Å². The smallest absolute Gasteiger partial charge is 0.126 e. The standard InChI is InChI=1S/C16H15N3/c1-12-8-9-17-10-14(12)11-18-16-7-6-13-4-2-3-5-15(13)19-16/h2-10H,11H2,1H3,(H,18,19). The summed E-state index contributed by atoms with van der Waals surface area (Å²) in [5.41, 5.74) is 3.44. The van der Waals surface area contributed by atoms with E-state index in [2.05, 4.69) is 34.3 Å². The van der Waals surface area contributed by atoms with Crippen LogP contribution >= 0.6 is 0 Å². The minimum atomic E-state index is 0.741. The first-order valence-electron chi connectivity index (χ1n) is 6.32. The number of rotatable bonds is 3. The number of hydrogen-bond acceptors (Lipinski definition) is 3. The molecule has 94 valence electrons. The maximum Gasteiger partial charge on any atom is 0.126 e. The van der Waals surface area contributed by atoms with Gasteiger partial charge < -0.3 is 5.32 Å². The highest BCUT2D eigenvalue weighted by molar-refractivity contribution is 5.80. The first kappa shape index (κ1) is 11.7. The summed E-state index contributed by atoms with van der Waals surface area (Å²) in [6.45, 7) is 2.83. The van der Waals surface area contributed by atoms with Crippen molar-refractivity contribution >= 4 is 16.7 Å². The molecule has 0 saturated carbocycles. The van der Waals surface area contributed by atoms with Crippen LogP contribution in [0.15, 0.2) is 54.9 Å². The number of fused-ring (bicyclic) bond motifs is 1. The Morgan fingerprint density at radius 2 is 1.95 bits per heavy atom. The zero-order chi connectivity index (χ0) is 13.1. The van der Waals surface area contributed by atoms with Crippen molar-refractivity contribution in [2.45, 2.75) is 13.5 Å². The first-order valence-corrected chi connectivity index (χ1v) is 6.32. The van der Waals surface area contributed by atoms with Crippen molar-refractivity contribution in [2.24, 2.45) is 0 Å². The summed E-state index contributed by atoms with van der Waals surface area (Å²) in [6.07, 6.45) is 3.70. The van der Waals surface area contributed by atoms with Gasteiger partial charge in [0.2, 0.25) is 0 Å². The van der Waals surface area contributed by atoms with Crippen molar-refractivity contribution in [2.75, 3.05) is 5.32 Å². The lowest BCUT2D eigenvalue weighted by atomic mass is 10.1. The molecule has 3 aromatic rings. The Labute approximate surface area is 112 Å². The molecule has 3 nitrogen and oxygen atoms in total. The Balaban J connectivity index is 1.80. The molecule has 2 heterocycles. The second-order valence-electron chi connectivity index (χ2n) is 4.54. The van der Waals surface area contributed by atoms with Crippen LogP contribution in [0, 0.1) is 6.92 Å². The van der Waals surface area contributed by atoms with Gasteiger partial charge in [-0.3, -0.25) is 4.98 Å². The first-order chi connectivity index (χ1) is 9.33. The second kappa shape index (κ2) is 5.06. The Morgan fingerprint density at radius 1 is 1.05 bits per heavy atom. The van der Waals surface area contributed by atoms with E-state index in [1.165, 1.54) is 11.1 Å². The van der Waals surface area contributed by atoms with Crippen molar-refractivity contribution in [1.29, 1.82) is 0 Å².